The summed E-state index contributed by atoms with van der Waals surface area (Å²) in [5.74, 6) is -0.110. The molecule has 0 aromatic heterocycles. The third-order valence-corrected chi connectivity index (χ3v) is 9.08. The summed E-state index contributed by atoms with van der Waals surface area (Å²) in [6.07, 6.45) is 7.73. The van der Waals surface area contributed by atoms with Gasteiger partial charge in [0.15, 0.2) is 0 Å². The highest BCUT2D eigenvalue weighted by molar-refractivity contribution is 5.86. The Morgan fingerprint density at radius 3 is 1.98 bits per heavy atom. The number of amides is 2. The van der Waals surface area contributed by atoms with Crippen LogP contribution in [0.3, 0.4) is 0 Å². The minimum absolute atomic E-state index is 0.0221. The molecule has 1 aliphatic heterocycles. The molecular weight excluding hydrogens is 668 g/mol. The molecule has 0 radical (unpaired) electrons. The lowest BCUT2D eigenvalue weighted by Crippen LogP contribution is -2.45. The van der Waals surface area contributed by atoms with Crippen LogP contribution >= 0.6 is 0 Å². The van der Waals surface area contributed by atoms with E-state index in [0.29, 0.717) is 45.3 Å². The van der Waals surface area contributed by atoms with E-state index in [1.54, 1.807) is 0 Å². The van der Waals surface area contributed by atoms with Crippen molar-refractivity contribution in [1.82, 2.24) is 10.6 Å². The number of cyclic esters (lactones) is 1. The van der Waals surface area contributed by atoms with E-state index in [0.717, 1.165) is 46.6 Å². The summed E-state index contributed by atoms with van der Waals surface area (Å²) in [6.45, 7) is 0.686. The van der Waals surface area contributed by atoms with Crippen LogP contribution in [0, 0.1) is 5.92 Å². The molecule has 0 bridgehead atoms. The monoisotopic (exact) mass is 718 g/mol. The van der Waals surface area contributed by atoms with Crippen LogP contribution in [0.5, 0.6) is 11.5 Å². The number of rotatable bonds is 14. The highest BCUT2D eigenvalue weighted by Crippen LogP contribution is 2.19. The normalized spacial score (nSPS) is 17.5. The smallest absolute Gasteiger partial charge is 0.305 e. The van der Waals surface area contributed by atoms with Crippen LogP contribution in [-0.2, 0) is 45.2 Å². The van der Waals surface area contributed by atoms with Crippen LogP contribution in [0.25, 0.3) is 0 Å². The molecule has 4 aromatic carbocycles. The summed E-state index contributed by atoms with van der Waals surface area (Å²) in [6, 6.07) is 34.1. The van der Waals surface area contributed by atoms with Gasteiger partial charge >= 0.3 is 5.97 Å². The Hall–Kier alpha value is -5.41. The first-order valence-electron chi connectivity index (χ1n) is 18.5. The van der Waals surface area contributed by atoms with E-state index in [1.807, 2.05) is 121 Å². The van der Waals surface area contributed by atoms with Crippen molar-refractivity contribution in [3.8, 4) is 11.5 Å². The average Bonchev–Trinajstić information content (AvgIpc) is 3.18. The molecule has 0 fully saturated rings. The highest BCUT2D eigenvalue weighted by atomic mass is 16.5. The third kappa shape index (κ3) is 13.9. The third-order valence-electron chi connectivity index (χ3n) is 9.08. The summed E-state index contributed by atoms with van der Waals surface area (Å²) in [5.41, 5.74) is 4.02. The minimum Gasteiger partial charge on any atom is -0.489 e. The summed E-state index contributed by atoms with van der Waals surface area (Å²) in [5, 5.41) is 16.1. The second-order valence-corrected chi connectivity index (χ2v) is 13.4. The zero-order chi connectivity index (χ0) is 37.1. The number of esters is 1. The number of carbonyl (C=O) groups excluding carboxylic acids is 3. The van der Waals surface area contributed by atoms with Gasteiger partial charge in [-0.25, -0.2) is 0 Å². The van der Waals surface area contributed by atoms with Crippen LogP contribution in [0.1, 0.15) is 60.8 Å². The van der Waals surface area contributed by atoms with E-state index < -0.39 is 18.0 Å². The number of aliphatic hydroxyl groups is 1. The molecule has 5 rings (SSSR count). The van der Waals surface area contributed by atoms with Crippen molar-refractivity contribution in [1.29, 1.82) is 0 Å². The molecule has 0 saturated heterocycles. The fourth-order valence-corrected chi connectivity index (χ4v) is 6.10. The number of carbonyl (C=O) groups is 3. The lowest BCUT2D eigenvalue weighted by Gasteiger charge is -2.23. The number of aliphatic hydroxyl groups excluding tert-OH is 1. The van der Waals surface area contributed by atoms with Gasteiger partial charge in [-0.15, -0.1) is 0 Å². The molecule has 53 heavy (non-hydrogen) atoms. The van der Waals surface area contributed by atoms with Crippen molar-refractivity contribution in [2.45, 2.75) is 76.7 Å². The van der Waals surface area contributed by atoms with Crippen molar-refractivity contribution >= 4 is 17.8 Å². The second-order valence-electron chi connectivity index (χ2n) is 13.4. The SMILES string of the molecule is O=C(CC1CC=CCCCCC(=O)OCC(Cc2ccc(OCc3ccccc3)cc2)NC1=O)NC(CO)Cc1ccc(OCc2ccccc2)cc1. The molecule has 3 atom stereocenters. The first-order valence-corrected chi connectivity index (χ1v) is 18.5. The van der Waals surface area contributed by atoms with E-state index in [1.165, 1.54) is 0 Å². The van der Waals surface area contributed by atoms with Gasteiger partial charge in [-0.3, -0.25) is 14.4 Å². The standard InChI is InChI=1S/C44H50N2O7/c47-29-38(26-33-18-22-40(23-19-33)51-30-35-12-6-4-7-13-35)45-42(48)28-37-16-10-2-1-3-11-17-43(49)53-32-39(46-44(37)50)27-34-20-24-41(25-21-34)52-31-36-14-8-5-9-15-36/h2,4-10,12-15,18-25,37-39,47H,1,3,11,16-17,26-32H2,(H,45,48)(H,46,50). The van der Waals surface area contributed by atoms with E-state index in [2.05, 4.69) is 10.6 Å². The number of benzene rings is 4. The largest absolute Gasteiger partial charge is 0.489 e. The van der Waals surface area contributed by atoms with Gasteiger partial charge in [-0.2, -0.15) is 0 Å². The average molecular weight is 719 g/mol. The van der Waals surface area contributed by atoms with E-state index >= 15 is 0 Å². The lowest BCUT2D eigenvalue weighted by molar-refractivity contribution is -0.145. The number of hydrogen-bond donors (Lipinski definition) is 3. The molecule has 0 saturated carbocycles. The van der Waals surface area contributed by atoms with E-state index in [4.69, 9.17) is 14.2 Å². The number of nitrogens with one attached hydrogen (secondary N) is 2. The molecular formula is C44H50N2O7. The first-order chi connectivity index (χ1) is 25.9. The summed E-state index contributed by atoms with van der Waals surface area (Å²) < 4.78 is 17.4. The molecule has 4 aromatic rings. The maximum atomic E-state index is 13.8. The fraction of sp³-hybridized carbons (Fsp3) is 0.341. The molecule has 9 nitrogen and oxygen atoms in total. The second kappa shape index (κ2) is 21.2. The Morgan fingerprint density at radius 1 is 0.774 bits per heavy atom. The maximum Gasteiger partial charge on any atom is 0.305 e. The molecule has 0 spiro atoms. The summed E-state index contributed by atoms with van der Waals surface area (Å²) in [7, 11) is 0. The van der Waals surface area contributed by atoms with E-state index in [-0.39, 0.29) is 37.4 Å². The molecule has 1 heterocycles. The van der Waals surface area contributed by atoms with Gasteiger partial charge in [0.05, 0.1) is 24.6 Å². The van der Waals surface area contributed by atoms with Crippen molar-refractivity contribution in [3.05, 3.63) is 144 Å². The van der Waals surface area contributed by atoms with Gasteiger partial charge in [0, 0.05) is 12.8 Å². The Bertz CT molecular complexity index is 1730. The number of allylic oxidation sites excluding steroid dienone is 2. The fourth-order valence-electron chi connectivity index (χ4n) is 6.10. The Labute approximate surface area is 312 Å². The van der Waals surface area contributed by atoms with Crippen molar-refractivity contribution in [3.63, 3.8) is 0 Å². The van der Waals surface area contributed by atoms with Gasteiger partial charge in [0.25, 0.3) is 0 Å². The molecule has 3 N–H and O–H groups in total. The van der Waals surface area contributed by atoms with Gasteiger partial charge < -0.3 is 30.0 Å². The molecule has 3 unspecified atom stereocenters. The first kappa shape index (κ1) is 38.8. The van der Waals surface area contributed by atoms with Crippen molar-refractivity contribution in [2.24, 2.45) is 5.92 Å². The summed E-state index contributed by atoms with van der Waals surface area (Å²) >= 11 is 0. The van der Waals surface area contributed by atoms with Crippen LogP contribution in [0.15, 0.2) is 121 Å². The minimum atomic E-state index is -0.651. The number of ether oxygens (including phenoxy) is 3. The van der Waals surface area contributed by atoms with Gasteiger partial charge in [0.2, 0.25) is 11.8 Å². The zero-order valence-corrected chi connectivity index (χ0v) is 30.2. The molecule has 1 aliphatic rings. The molecule has 2 amide bonds. The van der Waals surface area contributed by atoms with Crippen molar-refractivity contribution in [2.75, 3.05) is 13.2 Å². The predicted octanol–water partition coefficient (Wildman–Crippen LogP) is 6.66. The number of hydrogen-bond acceptors (Lipinski definition) is 7. The zero-order valence-electron chi connectivity index (χ0n) is 30.2. The van der Waals surface area contributed by atoms with Gasteiger partial charge in [0.1, 0.15) is 31.3 Å². The van der Waals surface area contributed by atoms with E-state index in [9.17, 15) is 19.5 Å². The maximum absolute atomic E-state index is 13.8. The molecule has 0 aliphatic carbocycles. The van der Waals surface area contributed by atoms with Gasteiger partial charge in [-0.05, 0) is 85.0 Å². The Kier molecular flexibility index (Phi) is 15.5. The summed E-state index contributed by atoms with van der Waals surface area (Å²) in [4.78, 5) is 39.6. The Morgan fingerprint density at radius 2 is 1.38 bits per heavy atom. The van der Waals surface area contributed by atoms with Crippen LogP contribution < -0.4 is 20.1 Å². The van der Waals surface area contributed by atoms with Gasteiger partial charge in [-0.1, -0.05) is 97.1 Å². The van der Waals surface area contributed by atoms with Crippen LogP contribution in [-0.4, -0.2) is 48.2 Å². The predicted molar refractivity (Wildman–Crippen MR) is 204 cm³/mol. The van der Waals surface area contributed by atoms with Crippen molar-refractivity contribution < 1.29 is 33.7 Å². The molecule has 9 heteroatoms. The lowest BCUT2D eigenvalue weighted by atomic mass is 9.97. The van der Waals surface area contributed by atoms with Crippen LogP contribution in [0.2, 0.25) is 0 Å². The molecule has 278 valence electrons. The highest BCUT2D eigenvalue weighted by Gasteiger charge is 2.26. The Balaban J connectivity index is 1.17. The topological polar surface area (TPSA) is 123 Å². The quantitative estimate of drug-likeness (QED) is 0.0985. The van der Waals surface area contributed by atoms with Crippen LogP contribution in [0.4, 0.5) is 0 Å².